The van der Waals surface area contributed by atoms with Crippen molar-refractivity contribution in [3.63, 3.8) is 0 Å². The molecule has 2 rings (SSSR count). The Morgan fingerprint density at radius 1 is 1.32 bits per heavy atom. The van der Waals surface area contributed by atoms with Crippen molar-refractivity contribution in [2.45, 2.75) is 44.6 Å². The van der Waals surface area contributed by atoms with Crippen LogP contribution < -0.4 is 11.1 Å². The van der Waals surface area contributed by atoms with Crippen LogP contribution in [0.5, 0.6) is 5.75 Å². The van der Waals surface area contributed by atoms with E-state index in [0.29, 0.717) is 18.5 Å². The summed E-state index contributed by atoms with van der Waals surface area (Å²) < 4.78 is 0. The van der Waals surface area contributed by atoms with Crippen LogP contribution in [0.15, 0.2) is 18.2 Å². The lowest BCUT2D eigenvalue weighted by molar-refractivity contribution is -0.122. The number of phenols is 1. The van der Waals surface area contributed by atoms with Gasteiger partial charge in [0.1, 0.15) is 5.75 Å². The van der Waals surface area contributed by atoms with Crippen LogP contribution in [0.2, 0.25) is 0 Å². The van der Waals surface area contributed by atoms with Gasteiger partial charge in [0.05, 0.1) is 11.2 Å². The molecule has 0 unspecified atom stereocenters. The molecule has 1 aliphatic rings. The van der Waals surface area contributed by atoms with Gasteiger partial charge >= 0.3 is 0 Å². The number of carbonyl (C=O) groups excluding carboxylic acids is 1. The molecule has 4 nitrogen and oxygen atoms in total. The Morgan fingerprint density at radius 3 is 2.53 bits per heavy atom. The highest BCUT2D eigenvalue weighted by molar-refractivity contribution is 5.99. The number of benzene rings is 1. The van der Waals surface area contributed by atoms with Gasteiger partial charge in [-0.25, -0.2) is 0 Å². The van der Waals surface area contributed by atoms with Gasteiger partial charge in [-0.15, -0.1) is 12.4 Å². The number of hydrogen-bond donors (Lipinski definition) is 3. The van der Waals surface area contributed by atoms with E-state index < -0.39 is 5.54 Å². The maximum absolute atomic E-state index is 12.2. The van der Waals surface area contributed by atoms with E-state index in [2.05, 4.69) is 5.32 Å². The molecule has 5 heteroatoms. The second-order valence-corrected chi connectivity index (χ2v) is 5.19. The maximum Gasteiger partial charge on any atom is 0.244 e. The third kappa shape index (κ3) is 3.61. The standard InChI is InChI=1S/C14H20N2O2.ClH/c1-10-5-6-11(12(17)9-10)16-13(18)14(15)7-3-2-4-8-14;/h5-6,9,17H,2-4,7-8,15H2,1H3,(H,16,18);1H. The maximum atomic E-state index is 12.2. The monoisotopic (exact) mass is 284 g/mol. The third-order valence-corrected chi connectivity index (χ3v) is 3.60. The molecule has 1 aromatic carbocycles. The van der Waals surface area contributed by atoms with Gasteiger partial charge < -0.3 is 16.2 Å². The van der Waals surface area contributed by atoms with Crippen LogP contribution in [0.25, 0.3) is 0 Å². The van der Waals surface area contributed by atoms with Crippen molar-refractivity contribution in [1.29, 1.82) is 0 Å². The Balaban J connectivity index is 0.00000180. The van der Waals surface area contributed by atoms with Crippen molar-refractivity contribution in [3.05, 3.63) is 23.8 Å². The van der Waals surface area contributed by atoms with Crippen LogP contribution in [0.3, 0.4) is 0 Å². The van der Waals surface area contributed by atoms with E-state index in [1.165, 1.54) is 0 Å². The summed E-state index contributed by atoms with van der Waals surface area (Å²) in [5.41, 5.74) is 6.74. The molecule has 0 radical (unpaired) electrons. The predicted molar refractivity (Wildman–Crippen MR) is 78.7 cm³/mol. The lowest BCUT2D eigenvalue weighted by atomic mass is 9.82. The first-order chi connectivity index (χ1) is 8.51. The summed E-state index contributed by atoms with van der Waals surface area (Å²) in [5, 5.41) is 12.5. The summed E-state index contributed by atoms with van der Waals surface area (Å²) in [6.07, 6.45) is 4.55. The van der Waals surface area contributed by atoms with Gasteiger partial charge in [-0.1, -0.05) is 25.3 Å². The fraction of sp³-hybridized carbons (Fsp3) is 0.500. The summed E-state index contributed by atoms with van der Waals surface area (Å²) in [6, 6.07) is 5.17. The molecule has 0 saturated heterocycles. The van der Waals surface area contributed by atoms with Crippen molar-refractivity contribution in [2.75, 3.05) is 5.32 Å². The molecule has 0 aliphatic heterocycles. The van der Waals surface area contributed by atoms with Crippen molar-refractivity contribution >= 4 is 24.0 Å². The van der Waals surface area contributed by atoms with Crippen LogP contribution >= 0.6 is 12.4 Å². The van der Waals surface area contributed by atoms with Crippen LogP contribution in [-0.4, -0.2) is 16.6 Å². The van der Waals surface area contributed by atoms with E-state index in [1.54, 1.807) is 12.1 Å². The topological polar surface area (TPSA) is 75.4 Å². The summed E-state index contributed by atoms with van der Waals surface area (Å²) in [6.45, 7) is 1.89. The normalized spacial score (nSPS) is 17.4. The quantitative estimate of drug-likeness (QED) is 0.731. The number of nitrogens with one attached hydrogen (secondary N) is 1. The molecule has 0 bridgehead atoms. The molecular formula is C14H21ClN2O2. The number of aromatic hydroxyl groups is 1. The van der Waals surface area contributed by atoms with Gasteiger partial charge in [0.2, 0.25) is 5.91 Å². The Morgan fingerprint density at radius 2 is 1.95 bits per heavy atom. The van der Waals surface area contributed by atoms with Crippen molar-refractivity contribution in [3.8, 4) is 5.75 Å². The summed E-state index contributed by atoms with van der Waals surface area (Å²) >= 11 is 0. The first-order valence-corrected chi connectivity index (χ1v) is 6.41. The number of anilines is 1. The molecule has 1 saturated carbocycles. The molecule has 0 heterocycles. The molecule has 1 aromatic rings. The smallest absolute Gasteiger partial charge is 0.244 e. The number of phenolic OH excluding ortho intramolecular Hbond substituents is 1. The minimum Gasteiger partial charge on any atom is -0.506 e. The van der Waals surface area contributed by atoms with Gasteiger partial charge in [-0.3, -0.25) is 4.79 Å². The van der Waals surface area contributed by atoms with E-state index >= 15 is 0 Å². The van der Waals surface area contributed by atoms with Gasteiger partial charge in [0, 0.05) is 0 Å². The van der Waals surface area contributed by atoms with Crippen LogP contribution in [0.4, 0.5) is 5.69 Å². The first-order valence-electron chi connectivity index (χ1n) is 6.41. The van der Waals surface area contributed by atoms with Crippen molar-refractivity contribution in [2.24, 2.45) is 5.73 Å². The first kappa shape index (κ1) is 15.8. The van der Waals surface area contributed by atoms with E-state index in [1.807, 2.05) is 13.0 Å². The molecular weight excluding hydrogens is 264 g/mol. The predicted octanol–water partition coefficient (Wildman–Crippen LogP) is 2.72. The fourth-order valence-electron chi connectivity index (χ4n) is 2.40. The Kier molecular flexibility index (Phi) is 5.20. The molecule has 1 fully saturated rings. The second kappa shape index (κ2) is 6.26. The Labute approximate surface area is 119 Å². The summed E-state index contributed by atoms with van der Waals surface area (Å²) in [4.78, 5) is 12.2. The number of amides is 1. The summed E-state index contributed by atoms with van der Waals surface area (Å²) in [7, 11) is 0. The molecule has 19 heavy (non-hydrogen) atoms. The van der Waals surface area contributed by atoms with Gasteiger partial charge in [-0.05, 0) is 37.5 Å². The third-order valence-electron chi connectivity index (χ3n) is 3.60. The Bertz CT molecular complexity index is 457. The molecule has 1 amide bonds. The average Bonchev–Trinajstić information content (AvgIpc) is 2.33. The van der Waals surface area contributed by atoms with E-state index in [9.17, 15) is 9.90 Å². The summed E-state index contributed by atoms with van der Waals surface area (Å²) in [5.74, 6) is -0.107. The minimum absolute atomic E-state index is 0. The number of carbonyl (C=O) groups is 1. The minimum atomic E-state index is -0.782. The van der Waals surface area contributed by atoms with Crippen molar-refractivity contribution < 1.29 is 9.90 Å². The molecule has 106 valence electrons. The number of nitrogens with two attached hydrogens (primary N) is 1. The Hall–Kier alpha value is -1.26. The SMILES string of the molecule is Cc1ccc(NC(=O)C2(N)CCCCC2)c(O)c1.Cl. The van der Waals surface area contributed by atoms with Gasteiger partial charge in [0.15, 0.2) is 0 Å². The largest absolute Gasteiger partial charge is 0.506 e. The zero-order chi connectivity index (χ0) is 13.2. The number of aryl methyl sites for hydroxylation is 1. The van der Waals surface area contributed by atoms with Gasteiger partial charge in [0.25, 0.3) is 0 Å². The molecule has 1 aliphatic carbocycles. The van der Waals surface area contributed by atoms with Crippen LogP contribution in [0, 0.1) is 6.92 Å². The molecule has 0 aromatic heterocycles. The van der Waals surface area contributed by atoms with E-state index in [0.717, 1.165) is 24.8 Å². The zero-order valence-corrected chi connectivity index (χ0v) is 11.9. The van der Waals surface area contributed by atoms with Crippen molar-refractivity contribution in [1.82, 2.24) is 0 Å². The van der Waals surface area contributed by atoms with Crippen LogP contribution in [0.1, 0.15) is 37.7 Å². The van der Waals surface area contributed by atoms with Gasteiger partial charge in [-0.2, -0.15) is 0 Å². The highest BCUT2D eigenvalue weighted by Crippen LogP contribution is 2.29. The lowest BCUT2D eigenvalue weighted by Gasteiger charge is -2.31. The second-order valence-electron chi connectivity index (χ2n) is 5.19. The van der Waals surface area contributed by atoms with Crippen LogP contribution in [-0.2, 0) is 4.79 Å². The molecule has 4 N–H and O–H groups in total. The number of hydrogen-bond acceptors (Lipinski definition) is 3. The fourth-order valence-corrected chi connectivity index (χ4v) is 2.40. The van der Waals surface area contributed by atoms with E-state index in [-0.39, 0.29) is 24.1 Å². The highest BCUT2D eigenvalue weighted by atomic mass is 35.5. The average molecular weight is 285 g/mol. The zero-order valence-electron chi connectivity index (χ0n) is 11.1. The van der Waals surface area contributed by atoms with E-state index in [4.69, 9.17) is 5.73 Å². The molecule has 0 atom stereocenters. The molecule has 0 spiro atoms. The number of rotatable bonds is 2. The highest BCUT2D eigenvalue weighted by Gasteiger charge is 2.35. The lowest BCUT2D eigenvalue weighted by Crippen LogP contribution is -2.52. The number of halogens is 1.